The lowest BCUT2D eigenvalue weighted by Gasteiger charge is -2.19. The highest BCUT2D eigenvalue weighted by atomic mass is 16.6. The first kappa shape index (κ1) is 20.7. The number of carbonyl (C=O) groups excluding carboxylic acids is 2. The number of benzene rings is 2. The molecule has 28 heavy (non-hydrogen) atoms. The summed E-state index contributed by atoms with van der Waals surface area (Å²) in [7, 11) is 4.85. The molecule has 2 aromatic rings. The van der Waals surface area contributed by atoms with Gasteiger partial charge in [0.15, 0.2) is 6.10 Å². The van der Waals surface area contributed by atoms with E-state index < -0.39 is 22.9 Å². The maximum Gasteiger partial charge on any atom is 0.341 e. The molecule has 1 N–H and O–H groups in total. The van der Waals surface area contributed by atoms with Crippen molar-refractivity contribution in [2.45, 2.75) is 13.0 Å². The van der Waals surface area contributed by atoms with Crippen LogP contribution in [0.2, 0.25) is 0 Å². The number of para-hydroxylation sites is 2. The zero-order valence-corrected chi connectivity index (χ0v) is 16.0. The standard InChI is InChI=1S/C19H21N3O6/c1-12(18(23)20-15-7-5-6-8-17(15)27-4)28-19(24)14-11-13(22(25)26)9-10-16(14)21(2)3/h5-12H,1-4H3,(H,20,23)/t12-/m0/s1. The van der Waals surface area contributed by atoms with Crippen molar-refractivity contribution in [3.8, 4) is 5.75 Å². The Morgan fingerprint density at radius 1 is 1.18 bits per heavy atom. The number of nitrogens with one attached hydrogen (secondary N) is 1. The van der Waals surface area contributed by atoms with Crippen molar-refractivity contribution in [2.24, 2.45) is 0 Å². The van der Waals surface area contributed by atoms with Crippen LogP contribution in [0.15, 0.2) is 42.5 Å². The fourth-order valence-electron chi connectivity index (χ4n) is 2.45. The highest BCUT2D eigenvalue weighted by molar-refractivity contribution is 6.00. The maximum atomic E-state index is 12.6. The molecule has 0 spiro atoms. The fraction of sp³-hybridized carbons (Fsp3) is 0.263. The van der Waals surface area contributed by atoms with Gasteiger partial charge in [-0.25, -0.2) is 4.79 Å². The van der Waals surface area contributed by atoms with E-state index in [1.165, 1.54) is 26.2 Å². The second-order valence-electron chi connectivity index (χ2n) is 6.09. The summed E-state index contributed by atoms with van der Waals surface area (Å²) in [5.41, 5.74) is 0.620. The summed E-state index contributed by atoms with van der Waals surface area (Å²) in [6, 6.07) is 10.7. The summed E-state index contributed by atoms with van der Waals surface area (Å²) in [6.45, 7) is 1.41. The normalized spacial score (nSPS) is 11.3. The molecule has 9 heteroatoms. The number of carbonyl (C=O) groups is 2. The van der Waals surface area contributed by atoms with Crippen molar-refractivity contribution < 1.29 is 24.0 Å². The number of nitro benzene ring substituents is 1. The van der Waals surface area contributed by atoms with Crippen LogP contribution < -0.4 is 15.0 Å². The summed E-state index contributed by atoms with van der Waals surface area (Å²) in [6.07, 6.45) is -1.13. The van der Waals surface area contributed by atoms with Gasteiger partial charge in [0.2, 0.25) is 0 Å². The highest BCUT2D eigenvalue weighted by Crippen LogP contribution is 2.26. The number of rotatable bonds is 7. The number of esters is 1. The monoisotopic (exact) mass is 387 g/mol. The average Bonchev–Trinajstić information content (AvgIpc) is 2.67. The number of hydrogen-bond acceptors (Lipinski definition) is 7. The maximum absolute atomic E-state index is 12.6. The fourth-order valence-corrected chi connectivity index (χ4v) is 2.45. The first-order chi connectivity index (χ1) is 13.2. The molecule has 1 atom stereocenters. The van der Waals surface area contributed by atoms with E-state index in [-0.39, 0.29) is 11.3 Å². The molecule has 9 nitrogen and oxygen atoms in total. The topological polar surface area (TPSA) is 111 Å². The minimum Gasteiger partial charge on any atom is -0.495 e. The molecular weight excluding hydrogens is 366 g/mol. The van der Waals surface area contributed by atoms with Gasteiger partial charge < -0.3 is 19.7 Å². The Balaban J connectivity index is 2.18. The second-order valence-corrected chi connectivity index (χ2v) is 6.09. The van der Waals surface area contributed by atoms with Gasteiger partial charge in [0.05, 0.1) is 29.0 Å². The molecule has 0 aliphatic rings. The molecule has 0 aliphatic carbocycles. The average molecular weight is 387 g/mol. The van der Waals surface area contributed by atoms with Gasteiger partial charge in [0.25, 0.3) is 11.6 Å². The van der Waals surface area contributed by atoms with Crippen LogP contribution in [0.1, 0.15) is 17.3 Å². The van der Waals surface area contributed by atoms with Crippen LogP contribution in [0.3, 0.4) is 0 Å². The lowest BCUT2D eigenvalue weighted by atomic mass is 10.1. The predicted octanol–water partition coefficient (Wildman–Crippen LogP) is 2.85. The molecule has 0 saturated heterocycles. The Labute approximate surface area is 162 Å². The second kappa shape index (κ2) is 8.85. The number of methoxy groups -OCH3 is 1. The molecule has 0 saturated carbocycles. The number of nitro groups is 1. The van der Waals surface area contributed by atoms with Crippen LogP contribution in [0.4, 0.5) is 17.1 Å². The Hall–Kier alpha value is -3.62. The summed E-state index contributed by atoms with van der Waals surface area (Å²) < 4.78 is 10.4. The van der Waals surface area contributed by atoms with Gasteiger partial charge in [-0.2, -0.15) is 0 Å². The van der Waals surface area contributed by atoms with E-state index in [0.717, 1.165) is 6.07 Å². The van der Waals surface area contributed by atoms with Crippen LogP contribution in [0.5, 0.6) is 5.75 Å². The largest absolute Gasteiger partial charge is 0.495 e. The summed E-state index contributed by atoms with van der Waals surface area (Å²) >= 11 is 0. The first-order valence-electron chi connectivity index (χ1n) is 8.35. The molecule has 0 bridgehead atoms. The molecule has 148 valence electrons. The first-order valence-corrected chi connectivity index (χ1v) is 8.35. The molecule has 2 aromatic carbocycles. The van der Waals surface area contributed by atoms with Crippen molar-refractivity contribution in [1.82, 2.24) is 0 Å². The quantitative estimate of drug-likeness (QED) is 0.442. The number of nitrogens with zero attached hydrogens (tertiary/aromatic N) is 2. The van der Waals surface area contributed by atoms with Crippen LogP contribution >= 0.6 is 0 Å². The van der Waals surface area contributed by atoms with Gasteiger partial charge in [-0.05, 0) is 25.1 Å². The van der Waals surface area contributed by atoms with Crippen LogP contribution in [-0.2, 0) is 9.53 Å². The van der Waals surface area contributed by atoms with Crippen molar-refractivity contribution in [3.05, 3.63) is 58.1 Å². The van der Waals surface area contributed by atoms with E-state index in [9.17, 15) is 19.7 Å². The number of hydrogen-bond donors (Lipinski definition) is 1. The molecule has 1 amide bonds. The molecule has 0 heterocycles. The van der Waals surface area contributed by atoms with Crippen molar-refractivity contribution >= 4 is 28.9 Å². The number of amides is 1. The van der Waals surface area contributed by atoms with E-state index >= 15 is 0 Å². The number of non-ortho nitro benzene ring substituents is 1. The van der Waals surface area contributed by atoms with E-state index in [2.05, 4.69) is 5.32 Å². The lowest BCUT2D eigenvalue weighted by Crippen LogP contribution is -2.30. The molecule has 2 rings (SSSR count). The van der Waals surface area contributed by atoms with E-state index in [1.54, 1.807) is 43.3 Å². The van der Waals surface area contributed by atoms with Gasteiger partial charge in [-0.3, -0.25) is 14.9 Å². The SMILES string of the molecule is COc1ccccc1NC(=O)[C@H](C)OC(=O)c1cc([N+](=O)[O-])ccc1N(C)C. The van der Waals surface area contributed by atoms with E-state index in [0.29, 0.717) is 17.1 Å². The Kier molecular flexibility index (Phi) is 6.54. The summed E-state index contributed by atoms with van der Waals surface area (Å²) in [4.78, 5) is 37.0. The predicted molar refractivity (Wildman–Crippen MR) is 104 cm³/mol. The molecule has 0 unspecified atom stereocenters. The zero-order valence-electron chi connectivity index (χ0n) is 16.0. The lowest BCUT2D eigenvalue weighted by molar-refractivity contribution is -0.384. The number of anilines is 2. The van der Waals surface area contributed by atoms with Gasteiger partial charge in [-0.15, -0.1) is 0 Å². The molecular formula is C19H21N3O6. The van der Waals surface area contributed by atoms with Crippen LogP contribution in [0.25, 0.3) is 0 Å². The zero-order chi connectivity index (χ0) is 20.8. The summed E-state index contributed by atoms with van der Waals surface area (Å²) in [5, 5.41) is 13.6. The summed E-state index contributed by atoms with van der Waals surface area (Å²) in [5.74, 6) is -0.937. The Morgan fingerprint density at radius 2 is 1.86 bits per heavy atom. The van der Waals surface area contributed by atoms with Gasteiger partial charge >= 0.3 is 5.97 Å². The minimum absolute atomic E-state index is 0.00357. The Morgan fingerprint density at radius 3 is 2.46 bits per heavy atom. The third kappa shape index (κ3) is 4.76. The van der Waals surface area contributed by atoms with Crippen LogP contribution in [-0.4, -0.2) is 44.1 Å². The van der Waals surface area contributed by atoms with Crippen LogP contribution in [0, 0.1) is 10.1 Å². The third-order valence-corrected chi connectivity index (χ3v) is 3.91. The van der Waals surface area contributed by atoms with Gasteiger partial charge in [-0.1, -0.05) is 12.1 Å². The number of ether oxygens (including phenoxy) is 2. The molecule has 0 radical (unpaired) electrons. The molecule has 0 aliphatic heterocycles. The van der Waals surface area contributed by atoms with Gasteiger partial charge in [0, 0.05) is 26.2 Å². The van der Waals surface area contributed by atoms with E-state index in [4.69, 9.17) is 9.47 Å². The third-order valence-electron chi connectivity index (χ3n) is 3.91. The smallest absolute Gasteiger partial charge is 0.341 e. The van der Waals surface area contributed by atoms with Crippen molar-refractivity contribution in [2.75, 3.05) is 31.4 Å². The van der Waals surface area contributed by atoms with Crippen molar-refractivity contribution in [1.29, 1.82) is 0 Å². The van der Waals surface area contributed by atoms with Gasteiger partial charge in [0.1, 0.15) is 5.75 Å². The molecule has 0 fully saturated rings. The highest BCUT2D eigenvalue weighted by Gasteiger charge is 2.24. The Bertz CT molecular complexity index is 897. The van der Waals surface area contributed by atoms with Crippen molar-refractivity contribution in [3.63, 3.8) is 0 Å². The minimum atomic E-state index is -1.13. The molecule has 0 aromatic heterocycles. The van der Waals surface area contributed by atoms with E-state index in [1.807, 2.05) is 0 Å².